The summed E-state index contributed by atoms with van der Waals surface area (Å²) in [5, 5.41) is 23.6. The number of ketones is 2. The highest BCUT2D eigenvalue weighted by molar-refractivity contribution is 6.01. The number of ether oxygens (including phenoxy) is 2. The number of alkyl halides is 2. The van der Waals surface area contributed by atoms with Gasteiger partial charge in [0.25, 0.3) is 0 Å². The van der Waals surface area contributed by atoms with Gasteiger partial charge in [-0.15, -0.1) is 0 Å². The lowest BCUT2D eigenvalue weighted by Gasteiger charge is -2.63. The molecule has 0 aromatic carbocycles. The van der Waals surface area contributed by atoms with E-state index in [1.165, 1.54) is 19.1 Å². The SMILES string of the molecule is CCCOC(OCCC)C(=O)[C@@]1(O)[C@@H](C)C[C@H]2[C@@H]3C[C@H](F)C4=CC(=O)C=C[C@]4(C)[C@@]3(F)[C@@H](O)C[C@@]21C. The molecule has 0 amide bonds. The van der Waals surface area contributed by atoms with Crippen LogP contribution < -0.4 is 0 Å². The summed E-state index contributed by atoms with van der Waals surface area (Å²) in [6.45, 7) is 9.33. The number of carbonyl (C=O) groups is 2. The van der Waals surface area contributed by atoms with Crippen LogP contribution >= 0.6 is 0 Å². The number of aliphatic hydroxyl groups is 2. The zero-order valence-electron chi connectivity index (χ0n) is 21.9. The molecule has 2 N–H and O–H groups in total. The van der Waals surface area contributed by atoms with Crippen molar-refractivity contribution in [3.63, 3.8) is 0 Å². The van der Waals surface area contributed by atoms with Crippen molar-refractivity contribution in [2.45, 2.75) is 96.6 Å². The number of fused-ring (bicyclic) bond motifs is 5. The zero-order valence-corrected chi connectivity index (χ0v) is 21.9. The lowest BCUT2D eigenvalue weighted by molar-refractivity contribution is -0.234. The van der Waals surface area contributed by atoms with Crippen LogP contribution in [0.2, 0.25) is 0 Å². The van der Waals surface area contributed by atoms with E-state index in [9.17, 15) is 19.8 Å². The van der Waals surface area contributed by atoms with Gasteiger partial charge >= 0.3 is 0 Å². The molecule has 6 nitrogen and oxygen atoms in total. The summed E-state index contributed by atoms with van der Waals surface area (Å²) < 4.78 is 44.2. The maximum atomic E-state index is 17.3. The van der Waals surface area contributed by atoms with E-state index in [-0.39, 0.29) is 31.6 Å². The van der Waals surface area contributed by atoms with Gasteiger partial charge in [0, 0.05) is 30.0 Å². The molecule has 0 aromatic rings. The Labute approximate surface area is 212 Å². The molecule has 36 heavy (non-hydrogen) atoms. The largest absolute Gasteiger partial charge is 0.390 e. The van der Waals surface area contributed by atoms with Gasteiger partial charge in [-0.1, -0.05) is 33.8 Å². The molecular weight excluding hydrogens is 470 g/mol. The molecular formula is C28H40F2O6. The zero-order chi connectivity index (χ0) is 26.7. The van der Waals surface area contributed by atoms with Crippen LogP contribution in [0.4, 0.5) is 8.78 Å². The average molecular weight is 511 g/mol. The second kappa shape index (κ2) is 9.37. The quantitative estimate of drug-likeness (QED) is 0.479. The number of hydrogen-bond donors (Lipinski definition) is 2. The maximum absolute atomic E-state index is 17.3. The third kappa shape index (κ3) is 3.54. The van der Waals surface area contributed by atoms with Crippen LogP contribution in [0.5, 0.6) is 0 Å². The Kier molecular flexibility index (Phi) is 7.17. The summed E-state index contributed by atoms with van der Waals surface area (Å²) in [6, 6.07) is 0. The van der Waals surface area contributed by atoms with Gasteiger partial charge in [-0.3, -0.25) is 9.59 Å². The molecule has 3 fully saturated rings. The van der Waals surface area contributed by atoms with Crippen molar-refractivity contribution < 1.29 is 38.1 Å². The van der Waals surface area contributed by atoms with Crippen LogP contribution in [0, 0.1) is 28.6 Å². The first-order valence-corrected chi connectivity index (χ1v) is 13.3. The first-order chi connectivity index (χ1) is 16.8. The Morgan fingerprint density at radius 2 is 1.78 bits per heavy atom. The van der Waals surface area contributed by atoms with Gasteiger partial charge in [0.2, 0.25) is 12.1 Å². The highest BCUT2D eigenvalue weighted by Crippen LogP contribution is 2.71. The highest BCUT2D eigenvalue weighted by Gasteiger charge is 2.77. The predicted octanol–water partition coefficient (Wildman–Crippen LogP) is 4.03. The van der Waals surface area contributed by atoms with E-state index in [4.69, 9.17) is 9.47 Å². The summed E-state index contributed by atoms with van der Waals surface area (Å²) in [5.74, 6) is -3.14. The van der Waals surface area contributed by atoms with E-state index in [2.05, 4.69) is 0 Å². The van der Waals surface area contributed by atoms with Crippen LogP contribution in [0.1, 0.15) is 66.7 Å². The summed E-state index contributed by atoms with van der Waals surface area (Å²) in [6.07, 6.45) is 0.530. The van der Waals surface area contributed by atoms with Crippen molar-refractivity contribution in [1.82, 2.24) is 0 Å². The monoisotopic (exact) mass is 510 g/mol. The van der Waals surface area contributed by atoms with Crippen molar-refractivity contribution in [2.24, 2.45) is 28.6 Å². The average Bonchev–Trinajstić information content (AvgIpc) is 3.03. The predicted molar refractivity (Wildman–Crippen MR) is 129 cm³/mol. The second-order valence-corrected chi connectivity index (χ2v) is 11.7. The van der Waals surface area contributed by atoms with E-state index in [1.807, 2.05) is 13.8 Å². The van der Waals surface area contributed by atoms with Crippen LogP contribution in [-0.2, 0) is 19.1 Å². The van der Waals surface area contributed by atoms with Gasteiger partial charge in [-0.25, -0.2) is 8.78 Å². The van der Waals surface area contributed by atoms with Crippen molar-refractivity contribution in [2.75, 3.05) is 13.2 Å². The number of halogens is 2. The standard InChI is InChI=1S/C28H40F2O6/c1-6-10-35-24(36-11-7-2)23(33)28(34)16(3)12-18-19-14-21(29)20-13-17(31)8-9-25(20,4)27(19,30)22(32)15-26(18,28)5/h8-9,13,16,18-19,21-22,24,32,34H,6-7,10-12,14-15H2,1-5H3/t16-,18-,19-,21-,22-,25-,26-,27-,28-/m0/s1. The number of allylic oxidation sites excluding steroid dienone is 4. The van der Waals surface area contributed by atoms with Gasteiger partial charge in [0.1, 0.15) is 11.8 Å². The van der Waals surface area contributed by atoms with Crippen molar-refractivity contribution in [3.8, 4) is 0 Å². The van der Waals surface area contributed by atoms with Crippen LogP contribution in [-0.4, -0.2) is 64.8 Å². The van der Waals surface area contributed by atoms with Gasteiger partial charge < -0.3 is 19.7 Å². The first-order valence-electron chi connectivity index (χ1n) is 13.3. The summed E-state index contributed by atoms with van der Waals surface area (Å²) in [5.41, 5.74) is -6.89. The number of carbonyl (C=O) groups excluding carboxylic acids is 2. The van der Waals surface area contributed by atoms with Crippen LogP contribution in [0.25, 0.3) is 0 Å². The summed E-state index contributed by atoms with van der Waals surface area (Å²) in [4.78, 5) is 25.9. The summed E-state index contributed by atoms with van der Waals surface area (Å²) >= 11 is 0. The molecule has 0 aromatic heterocycles. The molecule has 0 radical (unpaired) electrons. The lowest BCUT2D eigenvalue weighted by Crippen LogP contribution is -2.71. The Bertz CT molecular complexity index is 958. The molecule has 0 bridgehead atoms. The second-order valence-electron chi connectivity index (χ2n) is 11.7. The molecule has 4 aliphatic carbocycles. The fourth-order valence-electron chi connectivity index (χ4n) is 7.89. The molecule has 0 spiro atoms. The molecule has 8 heteroatoms. The van der Waals surface area contributed by atoms with Crippen molar-refractivity contribution in [3.05, 3.63) is 23.8 Å². The fourth-order valence-corrected chi connectivity index (χ4v) is 7.89. The third-order valence-electron chi connectivity index (χ3n) is 9.75. The molecule has 202 valence electrons. The third-order valence-corrected chi connectivity index (χ3v) is 9.75. The van der Waals surface area contributed by atoms with Gasteiger partial charge in [-0.2, -0.15) is 0 Å². The van der Waals surface area contributed by atoms with Gasteiger partial charge in [-0.05, 0) is 68.6 Å². The van der Waals surface area contributed by atoms with Crippen molar-refractivity contribution >= 4 is 11.6 Å². The Hall–Kier alpha value is -1.48. The minimum Gasteiger partial charge on any atom is -0.390 e. The smallest absolute Gasteiger partial charge is 0.220 e. The topological polar surface area (TPSA) is 93.1 Å². The number of aliphatic hydroxyl groups excluding tert-OH is 1. The molecule has 0 saturated heterocycles. The first kappa shape index (κ1) is 27.6. The molecule has 0 heterocycles. The molecule has 0 unspecified atom stereocenters. The minimum absolute atomic E-state index is 0.0507. The Morgan fingerprint density at radius 3 is 2.36 bits per heavy atom. The van der Waals surface area contributed by atoms with Crippen molar-refractivity contribution in [1.29, 1.82) is 0 Å². The van der Waals surface area contributed by atoms with E-state index >= 15 is 8.78 Å². The molecule has 0 aliphatic heterocycles. The number of rotatable bonds is 8. The normalized spacial score (nSPS) is 45.8. The fraction of sp³-hybridized carbons (Fsp3) is 0.786. The van der Waals surface area contributed by atoms with Gasteiger partial charge in [0.15, 0.2) is 11.5 Å². The van der Waals surface area contributed by atoms with E-state index in [0.717, 1.165) is 6.08 Å². The maximum Gasteiger partial charge on any atom is 0.220 e. The highest BCUT2D eigenvalue weighted by atomic mass is 19.1. The van der Waals surface area contributed by atoms with Crippen LogP contribution in [0.15, 0.2) is 23.8 Å². The molecule has 4 rings (SSSR count). The molecule has 9 atom stereocenters. The van der Waals surface area contributed by atoms with E-state index in [0.29, 0.717) is 19.3 Å². The Morgan fingerprint density at radius 1 is 1.17 bits per heavy atom. The lowest BCUT2D eigenvalue weighted by atomic mass is 9.44. The van der Waals surface area contributed by atoms with Crippen LogP contribution in [0.3, 0.4) is 0 Å². The number of Topliss-reactive ketones (excluding diaryl/α,β-unsaturated/α-hetero) is 1. The Balaban J connectivity index is 1.76. The molecule has 3 saturated carbocycles. The minimum atomic E-state index is -2.26. The summed E-state index contributed by atoms with van der Waals surface area (Å²) in [7, 11) is 0. The van der Waals surface area contributed by atoms with E-state index in [1.54, 1.807) is 13.8 Å². The van der Waals surface area contributed by atoms with E-state index < -0.39 is 70.0 Å². The number of hydrogen-bond acceptors (Lipinski definition) is 6. The molecule has 4 aliphatic rings. The van der Waals surface area contributed by atoms with Gasteiger partial charge in [0.05, 0.1) is 6.10 Å².